The van der Waals surface area contributed by atoms with Gasteiger partial charge in [-0.1, -0.05) is 71.1 Å². The van der Waals surface area contributed by atoms with Gasteiger partial charge in [0.1, 0.15) is 0 Å². The minimum absolute atomic E-state index is 0. The van der Waals surface area contributed by atoms with Crippen LogP contribution in [0.15, 0.2) is 0 Å². The van der Waals surface area contributed by atoms with Crippen LogP contribution in [0.1, 0.15) is 90.9 Å². The molecule has 0 aliphatic carbocycles. The first-order valence-electron chi connectivity index (χ1n) is 8.53. The Labute approximate surface area is 159 Å². The smallest absolute Gasteiger partial charge is 0.550 e. The largest absolute Gasteiger partial charge is 1.00 e. The number of rotatable bonds is 13. The predicted molar refractivity (Wildman–Crippen MR) is 84.9 cm³/mol. The number of aliphatic hydroxyl groups is 2. The molecule has 0 aromatic rings. The van der Waals surface area contributed by atoms with E-state index in [-0.39, 0.29) is 42.6 Å². The number of hydrogen-bond acceptors (Lipinski definition) is 4. The van der Waals surface area contributed by atoms with Gasteiger partial charge in [0, 0.05) is 5.97 Å². The molecule has 0 saturated carbocycles. The van der Waals surface area contributed by atoms with Crippen LogP contribution in [0.3, 0.4) is 0 Å². The Bertz CT molecular complexity index is 211. The third-order valence-corrected chi connectivity index (χ3v) is 3.25. The summed E-state index contributed by atoms with van der Waals surface area (Å²) in [7, 11) is 0. The van der Waals surface area contributed by atoms with Crippen LogP contribution in [0.2, 0.25) is 0 Å². The molecule has 2 N–H and O–H groups in total. The van der Waals surface area contributed by atoms with Crippen LogP contribution < -0.4 is 34.7 Å². The molecule has 0 aromatic carbocycles. The van der Waals surface area contributed by atoms with Crippen molar-refractivity contribution in [2.45, 2.75) is 97.0 Å². The number of carbonyl (C=O) groups is 1. The van der Waals surface area contributed by atoms with E-state index in [2.05, 4.69) is 6.92 Å². The fourth-order valence-corrected chi connectivity index (χ4v) is 1.93. The van der Waals surface area contributed by atoms with E-state index in [0.717, 1.165) is 12.8 Å². The molecule has 0 saturated heterocycles. The van der Waals surface area contributed by atoms with Crippen LogP contribution in [-0.2, 0) is 4.79 Å². The molecule has 22 heavy (non-hydrogen) atoms. The Kier molecular flexibility index (Phi) is 29.3. The van der Waals surface area contributed by atoms with Crippen LogP contribution in [0, 0.1) is 0 Å². The van der Waals surface area contributed by atoms with E-state index in [4.69, 9.17) is 10.2 Å². The van der Waals surface area contributed by atoms with Gasteiger partial charge in [0.05, 0.1) is 12.7 Å². The van der Waals surface area contributed by atoms with Gasteiger partial charge in [0.15, 0.2) is 0 Å². The average molecular weight is 326 g/mol. The van der Waals surface area contributed by atoms with E-state index in [9.17, 15) is 9.90 Å². The van der Waals surface area contributed by atoms with Crippen molar-refractivity contribution in [1.29, 1.82) is 0 Å². The van der Waals surface area contributed by atoms with Crippen molar-refractivity contribution in [1.82, 2.24) is 0 Å². The van der Waals surface area contributed by atoms with Crippen molar-refractivity contribution in [2.75, 3.05) is 6.61 Å². The molecule has 1 unspecified atom stereocenters. The Hall–Kier alpha value is 0.390. The van der Waals surface area contributed by atoms with E-state index in [1.54, 1.807) is 0 Å². The molecule has 0 aromatic heterocycles. The van der Waals surface area contributed by atoms with E-state index in [1.165, 1.54) is 64.7 Å². The van der Waals surface area contributed by atoms with Crippen LogP contribution in [0.5, 0.6) is 0 Å². The first-order chi connectivity index (χ1) is 10.0. The first-order valence-corrected chi connectivity index (χ1v) is 8.53. The maximum Gasteiger partial charge on any atom is 1.00 e. The third-order valence-electron chi connectivity index (χ3n) is 3.25. The Morgan fingerprint density at radius 2 is 1.23 bits per heavy atom. The third kappa shape index (κ3) is 32.4. The van der Waals surface area contributed by atoms with Crippen molar-refractivity contribution in [2.24, 2.45) is 0 Å². The van der Waals surface area contributed by atoms with Gasteiger partial charge in [-0.2, -0.15) is 0 Å². The fraction of sp³-hybridized carbons (Fsp3) is 0.941. The molecule has 0 radical (unpaired) electrons. The molecule has 0 spiro atoms. The average Bonchev–Trinajstić information content (AvgIpc) is 2.45. The normalized spacial score (nSPS) is 11.1. The van der Waals surface area contributed by atoms with Crippen LogP contribution in [-0.4, -0.2) is 28.9 Å². The molecule has 0 heterocycles. The second-order valence-electron chi connectivity index (χ2n) is 5.69. The summed E-state index contributed by atoms with van der Waals surface area (Å²) in [5.74, 6) is -0.907. The minimum Gasteiger partial charge on any atom is -0.550 e. The zero-order valence-electron chi connectivity index (χ0n) is 15.0. The molecule has 0 rings (SSSR count). The summed E-state index contributed by atoms with van der Waals surface area (Å²) >= 11 is 0. The van der Waals surface area contributed by atoms with Crippen molar-refractivity contribution in [3.05, 3.63) is 0 Å². The number of carbonyl (C=O) groups excluding carboxylic acids is 1. The van der Waals surface area contributed by atoms with Gasteiger partial charge in [-0.25, -0.2) is 0 Å². The van der Waals surface area contributed by atoms with E-state index >= 15 is 0 Å². The number of unbranched alkanes of at least 4 members (excludes halogenated alkanes) is 10. The van der Waals surface area contributed by atoms with Gasteiger partial charge in [-0.05, 0) is 19.8 Å². The summed E-state index contributed by atoms with van der Waals surface area (Å²) in [4.78, 5) is 10.1. The Morgan fingerprint density at radius 3 is 1.50 bits per heavy atom. The topological polar surface area (TPSA) is 80.6 Å². The molecule has 0 aliphatic heterocycles. The van der Waals surface area contributed by atoms with Crippen LogP contribution >= 0.6 is 0 Å². The fourth-order valence-electron chi connectivity index (χ4n) is 1.93. The quantitative estimate of drug-likeness (QED) is 0.363. The van der Waals surface area contributed by atoms with E-state index in [1.807, 2.05) is 0 Å². The maximum atomic E-state index is 10.1. The van der Waals surface area contributed by atoms with Crippen molar-refractivity contribution >= 4 is 5.97 Å². The molecular formula is C17H35NaO4. The summed E-state index contributed by atoms with van der Waals surface area (Å²) in [5, 5.41) is 26.2. The summed E-state index contributed by atoms with van der Waals surface area (Å²) in [6.07, 6.45) is 13.5. The number of carboxylic acid groups (broad SMARTS) is 1. The molecule has 0 amide bonds. The number of aliphatic hydroxyl groups excluding tert-OH is 2. The second kappa shape index (κ2) is 23.7. The van der Waals surface area contributed by atoms with E-state index < -0.39 is 12.1 Å². The predicted octanol–water partition coefficient (Wildman–Crippen LogP) is -0.199. The molecular weight excluding hydrogens is 291 g/mol. The number of hydrogen-bond donors (Lipinski definition) is 2. The summed E-state index contributed by atoms with van der Waals surface area (Å²) in [6.45, 7) is 3.63. The monoisotopic (exact) mass is 326 g/mol. The second-order valence-corrected chi connectivity index (χ2v) is 5.69. The zero-order valence-corrected chi connectivity index (χ0v) is 17.0. The Morgan fingerprint density at radius 1 is 0.909 bits per heavy atom. The SMILES string of the molecule is CC(O)CO.CCCCCCCCCCCCCC(=O)[O-].[Na+]. The molecule has 1 atom stereocenters. The molecule has 4 nitrogen and oxygen atoms in total. The van der Waals surface area contributed by atoms with Crippen LogP contribution in [0.4, 0.5) is 0 Å². The van der Waals surface area contributed by atoms with Crippen molar-refractivity contribution < 1.29 is 49.7 Å². The van der Waals surface area contributed by atoms with Gasteiger partial charge < -0.3 is 20.1 Å². The van der Waals surface area contributed by atoms with Crippen molar-refractivity contribution in [3.8, 4) is 0 Å². The number of aliphatic carboxylic acids is 1. The molecule has 0 bridgehead atoms. The molecule has 128 valence electrons. The van der Waals surface area contributed by atoms with Gasteiger partial charge in [-0.3, -0.25) is 0 Å². The van der Waals surface area contributed by atoms with Crippen molar-refractivity contribution in [3.63, 3.8) is 0 Å². The van der Waals surface area contributed by atoms with E-state index in [0.29, 0.717) is 0 Å². The first kappa shape index (κ1) is 27.2. The molecule has 5 heteroatoms. The molecule has 0 aliphatic rings. The zero-order chi connectivity index (χ0) is 16.3. The Balaban J connectivity index is -0.000000520. The summed E-state index contributed by atoms with van der Waals surface area (Å²) in [5.41, 5.74) is 0. The van der Waals surface area contributed by atoms with Crippen LogP contribution in [0.25, 0.3) is 0 Å². The minimum atomic E-state index is -0.907. The molecule has 0 fully saturated rings. The van der Waals surface area contributed by atoms with Gasteiger partial charge in [0.2, 0.25) is 0 Å². The number of carboxylic acids is 1. The van der Waals surface area contributed by atoms with Gasteiger partial charge >= 0.3 is 29.6 Å². The van der Waals surface area contributed by atoms with Gasteiger partial charge in [0.25, 0.3) is 0 Å². The maximum absolute atomic E-state index is 10.1. The van der Waals surface area contributed by atoms with Gasteiger partial charge in [-0.15, -0.1) is 0 Å². The summed E-state index contributed by atoms with van der Waals surface area (Å²) < 4.78 is 0. The standard InChI is InChI=1S/C14H28O2.C3H8O2.Na/c1-2-3-4-5-6-7-8-9-10-11-12-13-14(15)16;1-3(5)2-4;/h2-13H2,1H3,(H,15,16);3-5H,2H2,1H3;/q;;+1/p-1. The summed E-state index contributed by atoms with van der Waals surface area (Å²) in [6, 6.07) is 0.